The smallest absolute Gasteiger partial charge is 0.0967 e. The summed E-state index contributed by atoms with van der Waals surface area (Å²) < 4.78 is 7.38. The van der Waals surface area contributed by atoms with E-state index in [0.717, 1.165) is 67.8 Å². The zero-order chi connectivity index (χ0) is 20.6. The van der Waals surface area contributed by atoms with Crippen LogP contribution in [0.1, 0.15) is 31.4 Å². The first-order valence-corrected chi connectivity index (χ1v) is 12.0. The van der Waals surface area contributed by atoms with Crippen molar-refractivity contribution in [3.63, 3.8) is 0 Å². The Bertz CT molecular complexity index is 944. The van der Waals surface area contributed by atoms with Gasteiger partial charge in [-0.3, -0.25) is 14.6 Å². The molecule has 0 N–H and O–H groups in total. The lowest BCUT2D eigenvalue weighted by atomic mass is 10.2. The fourth-order valence-corrected chi connectivity index (χ4v) is 4.86. The van der Waals surface area contributed by atoms with Gasteiger partial charge in [0.2, 0.25) is 0 Å². The lowest BCUT2D eigenvalue weighted by molar-refractivity contribution is 0.0336. The molecule has 1 saturated heterocycles. The molecule has 0 saturated carbocycles. The molecule has 3 heterocycles. The number of unbranched alkanes of at least 4 members (excludes halogenated alkanes) is 3. The molecule has 1 fully saturated rings. The Morgan fingerprint density at radius 1 is 1.07 bits per heavy atom. The maximum Gasteiger partial charge on any atom is 0.0967 e. The first-order chi connectivity index (χ1) is 14.8. The number of aryl methyl sites for hydroxylation is 1. The summed E-state index contributed by atoms with van der Waals surface area (Å²) in [5.41, 5.74) is 2.02. The van der Waals surface area contributed by atoms with E-state index < -0.39 is 0 Å². The van der Waals surface area contributed by atoms with Crippen LogP contribution in [0.4, 0.5) is 0 Å². The molecule has 30 heavy (non-hydrogen) atoms. The van der Waals surface area contributed by atoms with E-state index in [0.29, 0.717) is 0 Å². The fourth-order valence-electron chi connectivity index (χ4n) is 3.64. The summed E-state index contributed by atoms with van der Waals surface area (Å²) in [7, 11) is 0. The van der Waals surface area contributed by atoms with E-state index >= 15 is 0 Å². The van der Waals surface area contributed by atoms with Gasteiger partial charge in [0.15, 0.2) is 0 Å². The number of pyridine rings is 1. The molecule has 6 nitrogen and oxygen atoms in total. The van der Waals surface area contributed by atoms with Crippen LogP contribution in [0.2, 0.25) is 5.02 Å². The molecule has 1 aliphatic rings. The third-order valence-electron chi connectivity index (χ3n) is 5.28. The molecule has 0 unspecified atom stereocenters. The van der Waals surface area contributed by atoms with Crippen LogP contribution in [0, 0.1) is 0 Å². The van der Waals surface area contributed by atoms with Crippen LogP contribution in [0.3, 0.4) is 0 Å². The number of hydrogen-bond donors (Lipinski definition) is 0. The number of benzene rings is 1. The second kappa shape index (κ2) is 11.1. The Morgan fingerprint density at radius 3 is 2.83 bits per heavy atom. The number of ether oxygens (including phenoxy) is 1. The summed E-state index contributed by atoms with van der Waals surface area (Å²) in [6, 6.07) is 8.03. The molecule has 0 aliphatic carbocycles. The Kier molecular flexibility index (Phi) is 7.97. The first-order valence-electron chi connectivity index (χ1n) is 10.6. The normalized spacial score (nSPS) is 15.1. The second-order valence-corrected chi connectivity index (χ2v) is 9.17. The summed E-state index contributed by atoms with van der Waals surface area (Å²) in [6.07, 6.45) is 8.76. The second-order valence-electron chi connectivity index (χ2n) is 7.59. The molecule has 4 rings (SSSR count). The number of morpholine rings is 1. The van der Waals surface area contributed by atoms with Crippen LogP contribution in [0.15, 0.2) is 41.6 Å². The van der Waals surface area contributed by atoms with Gasteiger partial charge in [-0.1, -0.05) is 35.7 Å². The first kappa shape index (κ1) is 21.6. The number of halogens is 1. The van der Waals surface area contributed by atoms with Gasteiger partial charge in [-0.25, -0.2) is 0 Å². The fraction of sp³-hybridized carbons (Fsp3) is 0.500. The molecule has 0 amide bonds. The molecular weight excluding hydrogens is 418 g/mol. The van der Waals surface area contributed by atoms with Crippen molar-refractivity contribution < 1.29 is 4.74 Å². The molecule has 2 aromatic heterocycles. The van der Waals surface area contributed by atoms with Crippen molar-refractivity contribution in [2.75, 3.05) is 32.1 Å². The summed E-state index contributed by atoms with van der Waals surface area (Å²) in [5.74, 6) is 1.12. The van der Waals surface area contributed by atoms with Crippen molar-refractivity contribution in [1.29, 1.82) is 0 Å². The van der Waals surface area contributed by atoms with Crippen LogP contribution < -0.4 is 0 Å². The van der Waals surface area contributed by atoms with Crippen LogP contribution in [-0.4, -0.2) is 56.9 Å². The minimum absolute atomic E-state index is 0.734. The van der Waals surface area contributed by atoms with Crippen molar-refractivity contribution in [1.82, 2.24) is 24.9 Å². The summed E-state index contributed by atoms with van der Waals surface area (Å²) in [6.45, 7) is 5.41. The van der Waals surface area contributed by atoms with E-state index in [1.807, 2.05) is 34.8 Å². The average Bonchev–Trinajstić information content (AvgIpc) is 3.20. The molecule has 8 heteroatoms. The molecule has 0 spiro atoms. The molecule has 3 aromatic rings. The molecule has 160 valence electrons. The highest BCUT2D eigenvalue weighted by Gasteiger charge is 2.12. The highest BCUT2D eigenvalue weighted by Crippen LogP contribution is 2.29. The van der Waals surface area contributed by atoms with Crippen molar-refractivity contribution in [3.05, 3.63) is 47.4 Å². The summed E-state index contributed by atoms with van der Waals surface area (Å²) in [5, 5.41) is 10.5. The Labute approximate surface area is 186 Å². The van der Waals surface area contributed by atoms with Gasteiger partial charge >= 0.3 is 0 Å². The van der Waals surface area contributed by atoms with Crippen molar-refractivity contribution in [2.45, 2.75) is 43.7 Å². The lowest BCUT2D eigenvalue weighted by Crippen LogP contribution is -2.35. The molecule has 0 atom stereocenters. The number of rotatable bonds is 10. The van der Waals surface area contributed by atoms with Crippen molar-refractivity contribution in [3.8, 4) is 0 Å². The predicted octanol–water partition coefficient (Wildman–Crippen LogP) is 4.66. The maximum absolute atomic E-state index is 6.07. The lowest BCUT2D eigenvalue weighted by Gasteiger charge is -2.25. The molecule has 0 bridgehead atoms. The van der Waals surface area contributed by atoms with Crippen LogP contribution in [-0.2, 0) is 17.8 Å². The van der Waals surface area contributed by atoms with Gasteiger partial charge in [-0.2, -0.15) is 0 Å². The van der Waals surface area contributed by atoms with Gasteiger partial charge in [-0.15, -0.1) is 16.9 Å². The van der Waals surface area contributed by atoms with Gasteiger partial charge in [0.1, 0.15) is 0 Å². The Hall–Kier alpha value is -1.67. The highest BCUT2D eigenvalue weighted by molar-refractivity contribution is 7.99. The molecule has 1 aromatic carbocycles. The number of hydrogen-bond acceptors (Lipinski definition) is 6. The maximum atomic E-state index is 6.07. The minimum atomic E-state index is 0.734. The van der Waals surface area contributed by atoms with Crippen molar-refractivity contribution >= 4 is 34.3 Å². The standard InChI is InChI=1S/C22H28ClN5OS/c23-18-5-6-20-21(15-18)24-8-7-22(20)30-14-4-2-1-3-9-28-17-19(25-26-28)16-27-10-12-29-13-11-27/h5-8,15,17H,1-4,9-14,16H2. The van der Waals surface area contributed by atoms with E-state index in [2.05, 4.69) is 38.5 Å². The van der Waals surface area contributed by atoms with E-state index in [1.165, 1.54) is 29.5 Å². The Balaban J connectivity index is 1.12. The van der Waals surface area contributed by atoms with Crippen LogP contribution in [0.5, 0.6) is 0 Å². The van der Waals surface area contributed by atoms with E-state index in [1.54, 1.807) is 0 Å². The van der Waals surface area contributed by atoms with Crippen molar-refractivity contribution in [2.24, 2.45) is 0 Å². The minimum Gasteiger partial charge on any atom is -0.379 e. The number of thioether (sulfide) groups is 1. The van der Waals surface area contributed by atoms with Crippen LogP contribution >= 0.6 is 23.4 Å². The Morgan fingerprint density at radius 2 is 1.93 bits per heavy atom. The van der Waals surface area contributed by atoms with Gasteiger partial charge in [-0.05, 0) is 36.8 Å². The third-order valence-corrected chi connectivity index (χ3v) is 6.67. The van der Waals surface area contributed by atoms with Gasteiger partial charge in [0.05, 0.1) is 24.4 Å². The monoisotopic (exact) mass is 445 g/mol. The van der Waals surface area contributed by atoms with Crippen LogP contribution in [0.25, 0.3) is 10.9 Å². The van der Waals surface area contributed by atoms with E-state index in [-0.39, 0.29) is 0 Å². The topological polar surface area (TPSA) is 56.1 Å². The van der Waals surface area contributed by atoms with Gasteiger partial charge in [0.25, 0.3) is 0 Å². The zero-order valence-corrected chi connectivity index (χ0v) is 18.7. The average molecular weight is 446 g/mol. The quantitative estimate of drug-likeness (QED) is 0.334. The number of fused-ring (bicyclic) bond motifs is 1. The largest absolute Gasteiger partial charge is 0.379 e. The molecule has 1 aliphatic heterocycles. The highest BCUT2D eigenvalue weighted by atomic mass is 35.5. The molecule has 0 radical (unpaired) electrons. The third kappa shape index (κ3) is 6.17. The predicted molar refractivity (Wildman–Crippen MR) is 122 cm³/mol. The van der Waals surface area contributed by atoms with Gasteiger partial charge in [0, 0.05) is 53.9 Å². The number of aromatic nitrogens is 4. The zero-order valence-electron chi connectivity index (χ0n) is 17.2. The SMILES string of the molecule is Clc1ccc2c(SCCCCCCn3cc(CN4CCOCC4)nn3)ccnc2c1. The van der Waals surface area contributed by atoms with E-state index in [9.17, 15) is 0 Å². The summed E-state index contributed by atoms with van der Waals surface area (Å²) in [4.78, 5) is 8.07. The molecular formula is C22H28ClN5OS. The van der Waals surface area contributed by atoms with Gasteiger partial charge < -0.3 is 4.74 Å². The van der Waals surface area contributed by atoms with E-state index in [4.69, 9.17) is 16.3 Å². The summed E-state index contributed by atoms with van der Waals surface area (Å²) >= 11 is 7.98. The number of nitrogens with zero attached hydrogens (tertiary/aromatic N) is 5.